The van der Waals surface area contributed by atoms with Crippen LogP contribution in [0, 0.1) is 5.92 Å². The summed E-state index contributed by atoms with van der Waals surface area (Å²) in [5, 5.41) is 1.90. The van der Waals surface area contributed by atoms with Crippen LogP contribution in [0.4, 0.5) is 0 Å². The van der Waals surface area contributed by atoms with Crippen molar-refractivity contribution in [3.05, 3.63) is 24.8 Å². The van der Waals surface area contributed by atoms with E-state index in [1.165, 1.54) is 0 Å². The molecule has 0 spiro atoms. The lowest BCUT2D eigenvalue weighted by Crippen LogP contribution is -2.68. The first-order valence-corrected chi connectivity index (χ1v) is 11.2. The molecule has 0 aliphatic carbocycles. The van der Waals surface area contributed by atoms with Gasteiger partial charge in [0.15, 0.2) is 6.10 Å². The lowest BCUT2D eigenvalue weighted by Gasteiger charge is -2.59. The van der Waals surface area contributed by atoms with Crippen LogP contribution in [0.5, 0.6) is 0 Å². The zero-order valence-corrected chi connectivity index (χ0v) is 20.6. The third kappa shape index (κ3) is 6.42. The highest BCUT2D eigenvalue weighted by molar-refractivity contribution is 5.87. The van der Waals surface area contributed by atoms with Gasteiger partial charge in [-0.3, -0.25) is 4.84 Å². The maximum Gasteiger partial charge on any atom is 0.337 e. The van der Waals surface area contributed by atoms with Crippen LogP contribution >= 0.6 is 0 Å². The van der Waals surface area contributed by atoms with Crippen LogP contribution in [0.25, 0.3) is 0 Å². The highest BCUT2D eigenvalue weighted by Crippen LogP contribution is 2.47. The maximum atomic E-state index is 12.5. The van der Waals surface area contributed by atoms with E-state index in [4.69, 9.17) is 19.0 Å². The second kappa shape index (κ2) is 11.6. The van der Waals surface area contributed by atoms with E-state index in [0.717, 1.165) is 12.5 Å². The monoisotopic (exact) mass is 453 g/mol. The molecule has 8 heteroatoms. The van der Waals surface area contributed by atoms with Gasteiger partial charge in [-0.05, 0) is 40.5 Å². The number of ether oxygens (including phenoxy) is 3. The summed E-state index contributed by atoms with van der Waals surface area (Å²) in [7, 11) is 0. The average Bonchev–Trinajstić information content (AvgIpc) is 2.76. The molecule has 32 heavy (non-hydrogen) atoms. The molecule has 0 N–H and O–H groups in total. The Morgan fingerprint density at radius 3 is 2.25 bits per heavy atom. The van der Waals surface area contributed by atoms with E-state index in [-0.39, 0.29) is 25.2 Å². The first-order chi connectivity index (χ1) is 14.9. The number of hydroxylamine groups is 2. The van der Waals surface area contributed by atoms with E-state index in [2.05, 4.69) is 20.1 Å². The van der Waals surface area contributed by atoms with E-state index < -0.39 is 35.1 Å². The van der Waals surface area contributed by atoms with Gasteiger partial charge in [0.25, 0.3) is 0 Å². The minimum Gasteiger partial charge on any atom is -0.460 e. The van der Waals surface area contributed by atoms with Gasteiger partial charge in [-0.25, -0.2) is 14.4 Å². The molecule has 1 aliphatic rings. The molecule has 0 aromatic carbocycles. The van der Waals surface area contributed by atoms with E-state index in [9.17, 15) is 14.4 Å². The van der Waals surface area contributed by atoms with Gasteiger partial charge in [-0.2, -0.15) is 5.06 Å². The number of carbonyl (C=O) groups excluding carboxylic acids is 3. The summed E-state index contributed by atoms with van der Waals surface area (Å²) in [6.45, 7) is 20.3. The second-order valence-corrected chi connectivity index (χ2v) is 8.86. The molecule has 0 bridgehead atoms. The molecular formula is C24H39NO7. The Morgan fingerprint density at radius 1 is 1.16 bits per heavy atom. The second-order valence-electron chi connectivity index (χ2n) is 8.86. The average molecular weight is 454 g/mol. The molecule has 0 amide bonds. The Kier molecular flexibility index (Phi) is 10.1. The van der Waals surface area contributed by atoms with Gasteiger partial charge in [0.1, 0.15) is 19.3 Å². The molecule has 5 unspecified atom stereocenters. The lowest BCUT2D eigenvalue weighted by atomic mass is 9.69. The fourth-order valence-corrected chi connectivity index (χ4v) is 3.94. The molecule has 5 atom stereocenters. The van der Waals surface area contributed by atoms with E-state index in [1.54, 1.807) is 13.8 Å². The molecule has 0 aromatic rings. The van der Waals surface area contributed by atoms with Crippen molar-refractivity contribution in [1.82, 2.24) is 5.06 Å². The molecule has 1 aliphatic heterocycles. The quantitative estimate of drug-likeness (QED) is 0.202. The van der Waals surface area contributed by atoms with Crippen LogP contribution in [-0.4, -0.2) is 59.5 Å². The molecule has 0 saturated carbocycles. The summed E-state index contributed by atoms with van der Waals surface area (Å²) in [5.41, 5.74) is -0.620. The van der Waals surface area contributed by atoms with Crippen LogP contribution in [0.15, 0.2) is 24.8 Å². The van der Waals surface area contributed by atoms with Gasteiger partial charge in [0, 0.05) is 35.1 Å². The standard InChI is InChI=1S/C24H39NO7/c1-10-20(26)29-13-14-30-22(28)18(7)32-25-23(8,11-2)15-19(31-21(27)16(4)5)17(6)24(25,9)12-3/h10,17-19H,1,4,11-15H2,2-3,5-9H3. The summed E-state index contributed by atoms with van der Waals surface area (Å²) in [6.07, 6.45) is 1.85. The molecule has 182 valence electrons. The SMILES string of the molecule is C=CC(=O)OCCOC(=O)C(C)ON1C(C)(CC)CC(OC(=O)C(=C)C)C(C)C1(C)CC. The van der Waals surface area contributed by atoms with Crippen molar-refractivity contribution < 1.29 is 33.4 Å². The van der Waals surface area contributed by atoms with Gasteiger partial charge >= 0.3 is 17.9 Å². The number of nitrogens with zero attached hydrogens (tertiary/aromatic N) is 1. The molecular weight excluding hydrogens is 414 g/mol. The summed E-state index contributed by atoms with van der Waals surface area (Å²) >= 11 is 0. The van der Waals surface area contributed by atoms with Crippen molar-refractivity contribution >= 4 is 17.9 Å². The highest BCUT2D eigenvalue weighted by atomic mass is 16.7. The Balaban J connectivity index is 2.98. The summed E-state index contributed by atoms with van der Waals surface area (Å²) in [4.78, 5) is 42.0. The number of carbonyl (C=O) groups is 3. The van der Waals surface area contributed by atoms with Crippen LogP contribution in [0.2, 0.25) is 0 Å². The number of piperidine rings is 1. The predicted molar refractivity (Wildman–Crippen MR) is 120 cm³/mol. The van der Waals surface area contributed by atoms with Crippen LogP contribution in [-0.2, 0) is 33.4 Å². The third-order valence-electron chi connectivity index (χ3n) is 6.55. The van der Waals surface area contributed by atoms with Gasteiger partial charge in [0.2, 0.25) is 0 Å². The molecule has 8 nitrogen and oxygen atoms in total. The zero-order valence-electron chi connectivity index (χ0n) is 20.6. The van der Waals surface area contributed by atoms with Crippen molar-refractivity contribution in [2.45, 2.75) is 91.0 Å². The zero-order chi connectivity index (χ0) is 24.7. The van der Waals surface area contributed by atoms with Crippen molar-refractivity contribution in [3.8, 4) is 0 Å². The Bertz CT molecular complexity index is 721. The summed E-state index contributed by atoms with van der Waals surface area (Å²) < 4.78 is 15.8. The summed E-state index contributed by atoms with van der Waals surface area (Å²) in [6, 6.07) is 0. The van der Waals surface area contributed by atoms with E-state index in [0.29, 0.717) is 18.4 Å². The van der Waals surface area contributed by atoms with Crippen LogP contribution in [0.3, 0.4) is 0 Å². The number of hydrogen-bond acceptors (Lipinski definition) is 8. The first-order valence-electron chi connectivity index (χ1n) is 11.2. The number of rotatable bonds is 11. The van der Waals surface area contributed by atoms with E-state index in [1.807, 2.05) is 32.8 Å². The van der Waals surface area contributed by atoms with Gasteiger partial charge in [-0.1, -0.05) is 33.9 Å². The largest absolute Gasteiger partial charge is 0.460 e. The van der Waals surface area contributed by atoms with Crippen molar-refractivity contribution in [2.75, 3.05) is 13.2 Å². The van der Waals surface area contributed by atoms with Crippen molar-refractivity contribution in [3.63, 3.8) is 0 Å². The minimum atomic E-state index is -0.872. The molecule has 0 radical (unpaired) electrons. The van der Waals surface area contributed by atoms with Gasteiger partial charge in [0.05, 0.1) is 0 Å². The Morgan fingerprint density at radius 2 is 1.75 bits per heavy atom. The van der Waals surface area contributed by atoms with Gasteiger partial charge in [-0.15, -0.1) is 0 Å². The van der Waals surface area contributed by atoms with E-state index >= 15 is 0 Å². The molecule has 1 fully saturated rings. The molecule has 1 rings (SSSR count). The maximum absolute atomic E-state index is 12.5. The third-order valence-corrected chi connectivity index (χ3v) is 6.55. The summed E-state index contributed by atoms with van der Waals surface area (Å²) in [5.74, 6) is -1.59. The first kappa shape index (κ1) is 27.8. The Labute approximate surface area is 191 Å². The molecule has 1 heterocycles. The number of hydrogen-bond donors (Lipinski definition) is 0. The number of esters is 3. The van der Waals surface area contributed by atoms with Crippen molar-refractivity contribution in [2.24, 2.45) is 5.92 Å². The minimum absolute atomic E-state index is 0.0564. The smallest absolute Gasteiger partial charge is 0.337 e. The highest BCUT2D eigenvalue weighted by Gasteiger charge is 2.55. The fourth-order valence-electron chi connectivity index (χ4n) is 3.94. The lowest BCUT2D eigenvalue weighted by molar-refractivity contribution is -0.331. The van der Waals surface area contributed by atoms with Gasteiger partial charge < -0.3 is 14.2 Å². The Hall–Kier alpha value is -2.19. The van der Waals surface area contributed by atoms with Crippen LogP contribution in [0.1, 0.15) is 67.7 Å². The van der Waals surface area contributed by atoms with Crippen molar-refractivity contribution in [1.29, 1.82) is 0 Å². The van der Waals surface area contributed by atoms with Crippen LogP contribution < -0.4 is 0 Å². The topological polar surface area (TPSA) is 91.4 Å². The normalized spacial score (nSPS) is 29.0. The molecule has 1 saturated heterocycles. The fraction of sp³-hybridized carbons (Fsp3) is 0.708. The molecule has 0 aromatic heterocycles. The predicted octanol–water partition coefficient (Wildman–Crippen LogP) is 3.75.